The second-order valence-corrected chi connectivity index (χ2v) is 12.1. The van der Waals surface area contributed by atoms with Crippen LogP contribution in [0, 0.1) is 11.8 Å². The van der Waals surface area contributed by atoms with Gasteiger partial charge in [-0.05, 0) is 61.1 Å². The number of anilines is 1. The van der Waals surface area contributed by atoms with Gasteiger partial charge in [-0.2, -0.15) is 13.2 Å². The van der Waals surface area contributed by atoms with Crippen molar-refractivity contribution in [2.24, 2.45) is 11.8 Å². The Kier molecular flexibility index (Phi) is 9.72. The van der Waals surface area contributed by atoms with Gasteiger partial charge in [-0.15, -0.1) is 0 Å². The van der Waals surface area contributed by atoms with Crippen molar-refractivity contribution in [3.05, 3.63) is 53.1 Å². The summed E-state index contributed by atoms with van der Waals surface area (Å²) in [6.07, 6.45) is -3.52. The molecule has 2 aromatic rings. The molecule has 1 heterocycles. The Bertz CT molecular complexity index is 1340. The fourth-order valence-electron chi connectivity index (χ4n) is 4.24. The van der Waals surface area contributed by atoms with Crippen molar-refractivity contribution in [3.8, 4) is 5.75 Å². The maximum atomic E-state index is 14.2. The Hall–Kier alpha value is -3.32. The molecule has 220 valence electrons. The maximum Gasteiger partial charge on any atom is 0.418 e. The third kappa shape index (κ3) is 7.25. The molecule has 0 saturated carbocycles. The van der Waals surface area contributed by atoms with E-state index in [4.69, 9.17) is 9.47 Å². The van der Waals surface area contributed by atoms with Crippen LogP contribution < -0.4 is 9.04 Å². The molecule has 1 aliphatic rings. The van der Waals surface area contributed by atoms with Gasteiger partial charge in [0.1, 0.15) is 11.3 Å². The highest BCUT2D eigenvalue weighted by atomic mass is 32.2. The zero-order chi connectivity index (χ0) is 29.8. The van der Waals surface area contributed by atoms with Crippen LogP contribution in [0.3, 0.4) is 0 Å². The lowest BCUT2D eigenvalue weighted by atomic mass is 10.0. The first-order chi connectivity index (χ1) is 18.6. The van der Waals surface area contributed by atoms with Crippen molar-refractivity contribution in [2.45, 2.75) is 37.8 Å². The minimum absolute atomic E-state index is 0.0455. The molecule has 2 aromatic carbocycles. The molecule has 3 rings (SSSR count). The van der Waals surface area contributed by atoms with E-state index < -0.39 is 55.7 Å². The van der Waals surface area contributed by atoms with Crippen molar-refractivity contribution < 1.29 is 45.8 Å². The van der Waals surface area contributed by atoms with Gasteiger partial charge in [0.05, 0.1) is 22.8 Å². The van der Waals surface area contributed by atoms with Gasteiger partial charge < -0.3 is 19.5 Å². The zero-order valence-electron chi connectivity index (χ0n) is 22.7. The number of carbonyl (C=O) groups is 2. The molecule has 0 aromatic heterocycles. The number of sulfonamides is 1. The summed E-state index contributed by atoms with van der Waals surface area (Å²) in [7, 11) is -1.92. The van der Waals surface area contributed by atoms with Crippen LogP contribution in [0.5, 0.6) is 5.75 Å². The Morgan fingerprint density at radius 2 is 1.75 bits per heavy atom. The number of aromatic carboxylic acids is 1. The molecule has 0 bridgehead atoms. The van der Waals surface area contributed by atoms with E-state index in [0.717, 1.165) is 42.0 Å². The molecule has 1 fully saturated rings. The van der Waals surface area contributed by atoms with E-state index in [9.17, 15) is 36.3 Å². The lowest BCUT2D eigenvalue weighted by molar-refractivity contribution is -0.137. The number of carbonyl (C=O) groups excluding carboxylic acids is 1. The van der Waals surface area contributed by atoms with Crippen LogP contribution in [0.15, 0.2) is 41.3 Å². The summed E-state index contributed by atoms with van der Waals surface area (Å²) in [5.41, 5.74) is -2.67. The van der Waals surface area contributed by atoms with Crippen molar-refractivity contribution >= 4 is 27.6 Å². The van der Waals surface area contributed by atoms with Gasteiger partial charge in [0.25, 0.3) is 15.9 Å². The average Bonchev–Trinajstić information content (AvgIpc) is 2.89. The lowest BCUT2D eigenvalue weighted by Gasteiger charge is -2.29. The Labute approximate surface area is 231 Å². The molecule has 1 N–H and O–H groups in total. The van der Waals surface area contributed by atoms with Gasteiger partial charge in [0.2, 0.25) is 0 Å². The van der Waals surface area contributed by atoms with Crippen LogP contribution in [0.4, 0.5) is 18.9 Å². The summed E-state index contributed by atoms with van der Waals surface area (Å²) in [6, 6.07) is 5.91. The standard InChI is InChI=1S/C27H33F3N2O7S/c1-17(2)15-32(23-7-5-19(25(33)31(3)4)13-22(23)27(28,29)30)40(36,37)20-6-8-24(21(14-20)26(34)35)39-16-18-9-11-38-12-10-18/h5-8,13-14,17-18H,9-12,15-16H2,1-4H3,(H,34,35). The van der Waals surface area contributed by atoms with Crippen molar-refractivity contribution in [3.63, 3.8) is 0 Å². The van der Waals surface area contributed by atoms with Crippen LogP contribution >= 0.6 is 0 Å². The normalized spacial score (nSPS) is 14.7. The fourth-order valence-corrected chi connectivity index (χ4v) is 5.91. The van der Waals surface area contributed by atoms with E-state index in [1.807, 2.05) is 0 Å². The molecule has 0 spiro atoms. The second kappa shape index (κ2) is 12.5. The molecule has 1 aliphatic heterocycles. The monoisotopic (exact) mass is 586 g/mol. The topological polar surface area (TPSA) is 113 Å². The number of amides is 1. The average molecular weight is 587 g/mol. The van der Waals surface area contributed by atoms with E-state index in [-0.39, 0.29) is 30.4 Å². The number of hydrogen-bond donors (Lipinski definition) is 1. The Morgan fingerprint density at radius 3 is 2.30 bits per heavy atom. The molecule has 0 unspecified atom stereocenters. The van der Waals surface area contributed by atoms with E-state index >= 15 is 0 Å². The van der Waals surface area contributed by atoms with Gasteiger partial charge in [0.15, 0.2) is 0 Å². The summed E-state index contributed by atoms with van der Waals surface area (Å²) in [6.45, 7) is 4.27. The van der Waals surface area contributed by atoms with E-state index in [1.54, 1.807) is 13.8 Å². The number of rotatable bonds is 10. The summed E-state index contributed by atoms with van der Waals surface area (Å²) in [5, 5.41) is 9.78. The summed E-state index contributed by atoms with van der Waals surface area (Å²) in [4.78, 5) is 25.0. The second-order valence-electron chi connectivity index (χ2n) is 10.2. The largest absolute Gasteiger partial charge is 0.492 e. The molecule has 13 heteroatoms. The van der Waals surface area contributed by atoms with Crippen LogP contribution in [0.25, 0.3) is 0 Å². The first-order valence-corrected chi connectivity index (χ1v) is 14.1. The lowest BCUT2D eigenvalue weighted by Crippen LogP contribution is -2.36. The number of halogens is 3. The maximum absolute atomic E-state index is 14.2. The van der Waals surface area contributed by atoms with Crippen LogP contribution in [-0.4, -0.2) is 70.8 Å². The molecular formula is C27H33F3N2O7S. The first kappa shape index (κ1) is 31.2. The Morgan fingerprint density at radius 1 is 1.10 bits per heavy atom. The third-order valence-electron chi connectivity index (χ3n) is 6.34. The number of carboxylic acid groups (broad SMARTS) is 1. The van der Waals surface area contributed by atoms with E-state index in [0.29, 0.717) is 23.6 Å². The summed E-state index contributed by atoms with van der Waals surface area (Å²) in [5.74, 6) is -2.44. The minimum Gasteiger partial charge on any atom is -0.492 e. The molecule has 9 nitrogen and oxygen atoms in total. The minimum atomic E-state index is -4.99. The summed E-state index contributed by atoms with van der Waals surface area (Å²) >= 11 is 0. The number of hydrogen-bond acceptors (Lipinski definition) is 6. The molecule has 0 radical (unpaired) electrons. The zero-order valence-corrected chi connectivity index (χ0v) is 23.5. The van der Waals surface area contributed by atoms with Crippen molar-refractivity contribution in [1.82, 2.24) is 4.90 Å². The van der Waals surface area contributed by atoms with Crippen molar-refractivity contribution in [2.75, 3.05) is 44.8 Å². The molecule has 0 aliphatic carbocycles. The van der Waals surface area contributed by atoms with E-state index in [1.165, 1.54) is 20.2 Å². The number of alkyl halides is 3. The van der Waals surface area contributed by atoms with Gasteiger partial charge in [0, 0.05) is 39.4 Å². The smallest absolute Gasteiger partial charge is 0.418 e. The van der Waals surface area contributed by atoms with Crippen LogP contribution in [0.1, 0.15) is 53.0 Å². The highest BCUT2D eigenvalue weighted by Crippen LogP contribution is 2.40. The quantitative estimate of drug-likeness (QED) is 0.427. The van der Waals surface area contributed by atoms with E-state index in [2.05, 4.69) is 0 Å². The summed E-state index contributed by atoms with van der Waals surface area (Å²) < 4.78 is 81.8. The highest BCUT2D eigenvalue weighted by molar-refractivity contribution is 7.92. The number of nitrogens with zero attached hydrogens (tertiary/aromatic N) is 2. The molecule has 1 saturated heterocycles. The first-order valence-electron chi connectivity index (χ1n) is 12.7. The highest BCUT2D eigenvalue weighted by Gasteiger charge is 2.39. The predicted molar refractivity (Wildman–Crippen MR) is 141 cm³/mol. The third-order valence-corrected chi connectivity index (χ3v) is 8.12. The van der Waals surface area contributed by atoms with Gasteiger partial charge >= 0.3 is 12.1 Å². The predicted octanol–water partition coefficient (Wildman–Crippen LogP) is 4.76. The number of carboxylic acids is 1. The number of benzene rings is 2. The van der Waals surface area contributed by atoms with Crippen LogP contribution in [-0.2, 0) is 20.9 Å². The Balaban J connectivity index is 2.08. The molecule has 40 heavy (non-hydrogen) atoms. The van der Waals surface area contributed by atoms with Gasteiger partial charge in [-0.1, -0.05) is 13.8 Å². The molecule has 1 amide bonds. The SMILES string of the molecule is CC(C)CN(c1ccc(C(=O)N(C)C)cc1C(F)(F)F)S(=O)(=O)c1ccc(OCC2CCOCC2)c(C(=O)O)c1. The molecule has 0 atom stereocenters. The van der Waals surface area contributed by atoms with Gasteiger partial charge in [-0.3, -0.25) is 9.10 Å². The van der Waals surface area contributed by atoms with Crippen molar-refractivity contribution in [1.29, 1.82) is 0 Å². The van der Waals surface area contributed by atoms with Gasteiger partial charge in [-0.25, -0.2) is 13.2 Å². The molecular weight excluding hydrogens is 553 g/mol. The van der Waals surface area contributed by atoms with Crippen LogP contribution in [0.2, 0.25) is 0 Å². The number of ether oxygens (including phenoxy) is 2. The fraction of sp³-hybridized carbons (Fsp3) is 0.481.